The largest absolute Gasteiger partial charge is 0.449 e. The van der Waals surface area contributed by atoms with Crippen LogP contribution in [0.2, 0.25) is 0 Å². The normalized spacial score (nSPS) is 31.6. The number of nitrogens with zero attached hydrogens (tertiary/aromatic N) is 1. The van der Waals surface area contributed by atoms with Gasteiger partial charge >= 0.3 is 6.09 Å². The summed E-state index contributed by atoms with van der Waals surface area (Å²) in [5, 5.41) is 3.04. The SMILES string of the molecule is CCCCOC(=O)N1C[C@@]2(C[C@H]1C(N)=O)CC1(CC1)NC2=O. The number of hydrogen-bond acceptors (Lipinski definition) is 4. The smallest absolute Gasteiger partial charge is 0.410 e. The fraction of sp³-hybridized carbons (Fsp3) is 0.800. The molecule has 2 atom stereocenters. The summed E-state index contributed by atoms with van der Waals surface area (Å²) in [6.07, 6.45) is 4.08. The van der Waals surface area contributed by atoms with Crippen molar-refractivity contribution in [3.05, 3.63) is 0 Å². The lowest BCUT2D eigenvalue weighted by Gasteiger charge is -2.22. The van der Waals surface area contributed by atoms with Gasteiger partial charge in [-0.15, -0.1) is 0 Å². The van der Waals surface area contributed by atoms with Crippen LogP contribution in [0.5, 0.6) is 0 Å². The van der Waals surface area contributed by atoms with E-state index in [1.54, 1.807) is 0 Å². The van der Waals surface area contributed by atoms with Crippen molar-refractivity contribution in [2.24, 2.45) is 11.1 Å². The molecule has 3 rings (SSSR count). The minimum Gasteiger partial charge on any atom is -0.449 e. The maximum atomic E-state index is 12.4. The highest BCUT2D eigenvalue weighted by molar-refractivity contribution is 5.92. The topological polar surface area (TPSA) is 102 Å². The van der Waals surface area contributed by atoms with Gasteiger partial charge in [0, 0.05) is 12.1 Å². The molecule has 0 radical (unpaired) electrons. The molecular weight excluding hydrogens is 286 g/mol. The van der Waals surface area contributed by atoms with Gasteiger partial charge in [0.25, 0.3) is 0 Å². The van der Waals surface area contributed by atoms with E-state index in [1.807, 2.05) is 6.92 Å². The van der Waals surface area contributed by atoms with Crippen LogP contribution in [0, 0.1) is 5.41 Å². The van der Waals surface area contributed by atoms with Gasteiger partial charge in [0.15, 0.2) is 0 Å². The Morgan fingerprint density at radius 2 is 2.18 bits per heavy atom. The summed E-state index contributed by atoms with van der Waals surface area (Å²) >= 11 is 0. The Balaban J connectivity index is 1.74. The fourth-order valence-electron chi connectivity index (χ4n) is 3.70. The number of unbranched alkanes of at least 4 members (excludes halogenated alkanes) is 1. The average Bonchev–Trinajstić information content (AvgIpc) is 2.98. The molecule has 2 aliphatic heterocycles. The standard InChI is InChI=1S/C15H23N3O4/c1-2-3-6-22-13(21)18-9-14(7-10(18)11(16)19)8-15(4-5-15)17-12(14)20/h10H,2-9H2,1H3,(H2,16,19)(H,17,20)/t10-,14+/m0/s1. The minimum absolute atomic E-state index is 0.0555. The van der Waals surface area contributed by atoms with Gasteiger partial charge in [-0.1, -0.05) is 13.3 Å². The predicted octanol–water partition coefficient (Wildman–Crippen LogP) is 0.522. The zero-order valence-corrected chi connectivity index (χ0v) is 12.9. The maximum absolute atomic E-state index is 12.4. The van der Waals surface area contributed by atoms with Gasteiger partial charge in [-0.25, -0.2) is 4.79 Å². The van der Waals surface area contributed by atoms with Crippen LogP contribution in [0.15, 0.2) is 0 Å². The summed E-state index contributed by atoms with van der Waals surface area (Å²) < 4.78 is 5.20. The van der Waals surface area contributed by atoms with Crippen molar-refractivity contribution in [3.8, 4) is 0 Å². The molecule has 2 saturated heterocycles. The van der Waals surface area contributed by atoms with Gasteiger partial charge in [0.1, 0.15) is 6.04 Å². The van der Waals surface area contributed by atoms with E-state index in [9.17, 15) is 14.4 Å². The van der Waals surface area contributed by atoms with Crippen molar-refractivity contribution >= 4 is 17.9 Å². The van der Waals surface area contributed by atoms with Crippen molar-refractivity contribution in [2.45, 2.75) is 57.0 Å². The zero-order chi connectivity index (χ0) is 16.0. The zero-order valence-electron chi connectivity index (χ0n) is 12.9. The fourth-order valence-corrected chi connectivity index (χ4v) is 3.70. The number of carbonyl (C=O) groups is 3. The molecule has 3 N–H and O–H groups in total. The number of primary amides is 1. The molecule has 0 unspecified atom stereocenters. The Kier molecular flexibility index (Phi) is 3.53. The molecule has 0 aromatic heterocycles. The maximum Gasteiger partial charge on any atom is 0.410 e. The molecule has 1 saturated carbocycles. The van der Waals surface area contributed by atoms with Crippen LogP contribution in [0.4, 0.5) is 4.79 Å². The van der Waals surface area contributed by atoms with E-state index in [4.69, 9.17) is 10.5 Å². The third kappa shape index (κ3) is 2.42. The monoisotopic (exact) mass is 309 g/mol. The van der Waals surface area contributed by atoms with Gasteiger partial charge < -0.3 is 15.8 Å². The van der Waals surface area contributed by atoms with Gasteiger partial charge in [-0.2, -0.15) is 0 Å². The first kappa shape index (κ1) is 15.1. The van der Waals surface area contributed by atoms with Crippen LogP contribution >= 0.6 is 0 Å². The van der Waals surface area contributed by atoms with Gasteiger partial charge in [-0.05, 0) is 32.1 Å². The molecule has 3 fully saturated rings. The number of likely N-dealkylation sites (tertiary alicyclic amines) is 1. The highest BCUT2D eigenvalue weighted by atomic mass is 16.6. The lowest BCUT2D eigenvalue weighted by Crippen LogP contribution is -2.44. The first-order valence-corrected chi connectivity index (χ1v) is 7.97. The van der Waals surface area contributed by atoms with Crippen LogP contribution in [0.1, 0.15) is 45.4 Å². The Morgan fingerprint density at radius 3 is 2.73 bits per heavy atom. The molecular formula is C15H23N3O4. The average molecular weight is 309 g/mol. The van der Waals surface area contributed by atoms with E-state index in [1.165, 1.54) is 4.90 Å². The summed E-state index contributed by atoms with van der Waals surface area (Å²) in [4.78, 5) is 37.7. The molecule has 0 aromatic carbocycles. The van der Waals surface area contributed by atoms with E-state index in [2.05, 4.69) is 5.32 Å². The molecule has 7 heteroatoms. The summed E-state index contributed by atoms with van der Waals surface area (Å²) in [7, 11) is 0. The van der Waals surface area contributed by atoms with Gasteiger partial charge in [0.05, 0.1) is 12.0 Å². The van der Waals surface area contributed by atoms with Crippen molar-refractivity contribution in [1.29, 1.82) is 0 Å². The number of hydrogen-bond donors (Lipinski definition) is 2. The van der Waals surface area contributed by atoms with Crippen LogP contribution in [-0.4, -0.2) is 47.5 Å². The van der Waals surface area contributed by atoms with Crippen LogP contribution in [-0.2, 0) is 14.3 Å². The number of carbonyl (C=O) groups excluding carboxylic acids is 3. The van der Waals surface area contributed by atoms with E-state index >= 15 is 0 Å². The molecule has 7 nitrogen and oxygen atoms in total. The van der Waals surface area contributed by atoms with Gasteiger partial charge in [-0.3, -0.25) is 14.5 Å². The molecule has 22 heavy (non-hydrogen) atoms. The lowest BCUT2D eigenvalue weighted by molar-refractivity contribution is -0.127. The molecule has 122 valence electrons. The first-order chi connectivity index (χ1) is 10.4. The molecule has 1 aliphatic carbocycles. The van der Waals surface area contributed by atoms with Crippen LogP contribution in [0.3, 0.4) is 0 Å². The molecule has 2 heterocycles. The van der Waals surface area contributed by atoms with Gasteiger partial charge in [0.2, 0.25) is 11.8 Å². The van der Waals surface area contributed by atoms with Crippen molar-refractivity contribution < 1.29 is 19.1 Å². The summed E-state index contributed by atoms with van der Waals surface area (Å²) in [5.74, 6) is -0.631. The lowest BCUT2D eigenvalue weighted by atomic mass is 9.81. The number of nitrogens with one attached hydrogen (secondary N) is 1. The number of amides is 3. The van der Waals surface area contributed by atoms with E-state index in [0.717, 1.165) is 25.7 Å². The van der Waals surface area contributed by atoms with Crippen molar-refractivity contribution in [2.75, 3.05) is 13.2 Å². The second-order valence-corrected chi connectivity index (χ2v) is 6.91. The second kappa shape index (κ2) is 5.14. The molecule has 3 amide bonds. The van der Waals surface area contributed by atoms with Crippen molar-refractivity contribution in [3.63, 3.8) is 0 Å². The highest BCUT2D eigenvalue weighted by Crippen LogP contribution is 2.54. The third-order valence-electron chi connectivity index (χ3n) is 5.11. The van der Waals surface area contributed by atoms with E-state index < -0.39 is 23.5 Å². The minimum atomic E-state index is -0.756. The number of nitrogens with two attached hydrogens (primary N) is 1. The van der Waals surface area contributed by atoms with Crippen LogP contribution in [0.25, 0.3) is 0 Å². The second-order valence-electron chi connectivity index (χ2n) is 6.91. The Hall–Kier alpha value is -1.79. The summed E-state index contributed by atoms with van der Waals surface area (Å²) in [5.41, 5.74) is 4.66. The Labute approximate surface area is 129 Å². The summed E-state index contributed by atoms with van der Waals surface area (Å²) in [6, 6.07) is -0.756. The quantitative estimate of drug-likeness (QED) is 0.739. The number of ether oxygens (including phenoxy) is 1. The third-order valence-corrected chi connectivity index (χ3v) is 5.11. The van der Waals surface area contributed by atoms with Crippen molar-refractivity contribution in [1.82, 2.24) is 10.2 Å². The molecule has 0 bridgehead atoms. The molecule has 2 spiro atoms. The van der Waals surface area contributed by atoms with E-state index in [-0.39, 0.29) is 18.0 Å². The molecule has 0 aromatic rings. The van der Waals surface area contributed by atoms with Crippen LogP contribution < -0.4 is 11.1 Å². The Morgan fingerprint density at radius 1 is 1.45 bits per heavy atom. The predicted molar refractivity (Wildman–Crippen MR) is 77.7 cm³/mol. The Bertz CT molecular complexity index is 517. The molecule has 3 aliphatic rings. The summed E-state index contributed by atoms with van der Waals surface area (Å²) in [6.45, 7) is 2.54. The highest BCUT2D eigenvalue weighted by Gasteiger charge is 2.64. The van der Waals surface area contributed by atoms with E-state index in [0.29, 0.717) is 19.4 Å². The number of rotatable bonds is 4. The first-order valence-electron chi connectivity index (χ1n) is 7.97.